The lowest BCUT2D eigenvalue weighted by Crippen LogP contribution is -2.31. The minimum Gasteiger partial charge on any atom is -0.382 e. The molecule has 1 fully saturated rings. The average molecular weight is 310 g/mol. The molecule has 5 heteroatoms. The zero-order chi connectivity index (χ0) is 15.5. The first-order valence-electron chi connectivity index (χ1n) is 7.69. The third-order valence-electron chi connectivity index (χ3n) is 4.07. The molecule has 2 rings (SSSR count). The zero-order valence-corrected chi connectivity index (χ0v) is 14.0. The van der Waals surface area contributed by atoms with Crippen LogP contribution in [-0.4, -0.2) is 21.0 Å². The molecule has 0 aliphatic heterocycles. The summed E-state index contributed by atoms with van der Waals surface area (Å²) in [5.41, 5.74) is 1.39. The fourth-order valence-corrected chi connectivity index (χ4v) is 4.10. The van der Waals surface area contributed by atoms with Gasteiger partial charge in [-0.3, -0.25) is 0 Å². The Bertz CT molecular complexity index is 564. The Hall–Kier alpha value is -1.07. The first-order valence-corrected chi connectivity index (χ1v) is 9.17. The second-order valence-electron chi connectivity index (χ2n) is 6.63. The third-order valence-corrected chi connectivity index (χ3v) is 5.64. The predicted octanol–water partition coefficient (Wildman–Crippen LogP) is 3.37. The Kier molecular flexibility index (Phi) is 4.94. The van der Waals surface area contributed by atoms with E-state index >= 15 is 0 Å². The molecule has 1 aliphatic rings. The minimum atomic E-state index is -3.36. The van der Waals surface area contributed by atoms with Gasteiger partial charge in [0, 0.05) is 18.3 Å². The molecule has 0 aromatic heterocycles. The molecule has 1 atom stereocenters. The van der Waals surface area contributed by atoms with Gasteiger partial charge >= 0.3 is 0 Å². The van der Waals surface area contributed by atoms with Crippen LogP contribution >= 0.6 is 0 Å². The van der Waals surface area contributed by atoms with Crippen LogP contribution in [0.5, 0.6) is 0 Å². The van der Waals surface area contributed by atoms with Gasteiger partial charge in [-0.1, -0.05) is 27.2 Å². The summed E-state index contributed by atoms with van der Waals surface area (Å²) in [4.78, 5) is 0.318. The number of anilines is 1. The summed E-state index contributed by atoms with van der Waals surface area (Å²) in [6.07, 6.45) is 4.87. The molecule has 1 saturated carbocycles. The van der Waals surface area contributed by atoms with E-state index in [4.69, 9.17) is 0 Å². The van der Waals surface area contributed by atoms with Crippen LogP contribution in [-0.2, 0) is 10.0 Å². The maximum Gasteiger partial charge on any atom is 0.240 e. The fraction of sp³-hybridized carbons (Fsp3) is 0.625. The number of rotatable bonds is 5. The van der Waals surface area contributed by atoms with Crippen molar-refractivity contribution in [2.24, 2.45) is 5.41 Å². The van der Waals surface area contributed by atoms with Gasteiger partial charge in [0.25, 0.3) is 0 Å². The second kappa shape index (κ2) is 6.36. The number of hydrogen-bond donors (Lipinski definition) is 2. The monoisotopic (exact) mass is 310 g/mol. The van der Waals surface area contributed by atoms with E-state index in [2.05, 4.69) is 23.9 Å². The maximum absolute atomic E-state index is 11.9. The van der Waals surface area contributed by atoms with E-state index < -0.39 is 10.0 Å². The second-order valence-corrected chi connectivity index (χ2v) is 8.39. The van der Waals surface area contributed by atoms with Crippen LogP contribution in [0, 0.1) is 5.41 Å². The Labute approximate surface area is 128 Å². The van der Waals surface area contributed by atoms with Crippen molar-refractivity contribution in [3.8, 4) is 0 Å². The van der Waals surface area contributed by atoms with E-state index in [1.165, 1.54) is 19.3 Å². The Morgan fingerprint density at radius 3 is 2.48 bits per heavy atom. The van der Waals surface area contributed by atoms with E-state index in [9.17, 15) is 8.42 Å². The normalized spacial score (nSPS) is 22.0. The zero-order valence-electron chi connectivity index (χ0n) is 13.1. The Morgan fingerprint density at radius 2 is 1.90 bits per heavy atom. The lowest BCUT2D eigenvalue weighted by Gasteiger charge is -2.36. The maximum atomic E-state index is 11.9. The van der Waals surface area contributed by atoms with E-state index in [-0.39, 0.29) is 0 Å². The van der Waals surface area contributed by atoms with Crippen molar-refractivity contribution in [1.29, 1.82) is 0 Å². The van der Waals surface area contributed by atoms with Crippen LogP contribution in [0.4, 0.5) is 5.69 Å². The standard InChI is InChI=1S/C16H26N2O2S/c1-4-17-21(19,20)15-9-7-13(8-10-15)18-14-6-5-11-16(2,3)12-14/h7-10,14,17-18H,4-6,11-12H2,1-3H3. The van der Waals surface area contributed by atoms with Gasteiger partial charge in [0.15, 0.2) is 0 Å². The molecule has 0 amide bonds. The van der Waals surface area contributed by atoms with Crippen molar-refractivity contribution >= 4 is 15.7 Å². The van der Waals surface area contributed by atoms with Gasteiger partial charge in [0.1, 0.15) is 0 Å². The lowest BCUT2D eigenvalue weighted by atomic mass is 9.75. The molecule has 21 heavy (non-hydrogen) atoms. The molecule has 118 valence electrons. The molecule has 1 aromatic carbocycles. The number of sulfonamides is 1. The highest BCUT2D eigenvalue weighted by Gasteiger charge is 2.27. The van der Waals surface area contributed by atoms with Crippen LogP contribution in [0.25, 0.3) is 0 Å². The molecule has 0 spiro atoms. The first kappa shape index (κ1) is 16.3. The van der Waals surface area contributed by atoms with Crippen LogP contribution in [0.1, 0.15) is 46.5 Å². The molecule has 0 radical (unpaired) electrons. The summed E-state index contributed by atoms with van der Waals surface area (Å²) in [7, 11) is -3.36. The smallest absolute Gasteiger partial charge is 0.240 e. The Balaban J connectivity index is 2.03. The largest absolute Gasteiger partial charge is 0.382 e. The van der Waals surface area contributed by atoms with E-state index in [1.54, 1.807) is 19.1 Å². The molecule has 0 bridgehead atoms. The van der Waals surface area contributed by atoms with E-state index in [1.807, 2.05) is 12.1 Å². The molecule has 1 aliphatic carbocycles. The highest BCUT2D eigenvalue weighted by atomic mass is 32.2. The van der Waals surface area contributed by atoms with Gasteiger partial charge in [0.05, 0.1) is 4.90 Å². The van der Waals surface area contributed by atoms with Crippen LogP contribution in [0.15, 0.2) is 29.2 Å². The third kappa shape index (κ3) is 4.45. The van der Waals surface area contributed by atoms with Crippen LogP contribution in [0.2, 0.25) is 0 Å². The van der Waals surface area contributed by atoms with Gasteiger partial charge < -0.3 is 5.32 Å². The van der Waals surface area contributed by atoms with Crippen molar-refractivity contribution in [2.45, 2.75) is 57.4 Å². The number of hydrogen-bond acceptors (Lipinski definition) is 3. The van der Waals surface area contributed by atoms with Crippen molar-refractivity contribution in [2.75, 3.05) is 11.9 Å². The van der Waals surface area contributed by atoms with Gasteiger partial charge in [-0.05, 0) is 48.9 Å². The lowest BCUT2D eigenvalue weighted by molar-refractivity contribution is 0.229. The van der Waals surface area contributed by atoms with Gasteiger partial charge in [-0.25, -0.2) is 13.1 Å². The predicted molar refractivity (Wildman–Crippen MR) is 87.0 cm³/mol. The Morgan fingerprint density at radius 1 is 1.24 bits per heavy atom. The van der Waals surface area contributed by atoms with E-state index in [0.717, 1.165) is 12.1 Å². The van der Waals surface area contributed by atoms with Crippen molar-refractivity contribution in [3.63, 3.8) is 0 Å². The highest BCUT2D eigenvalue weighted by Crippen LogP contribution is 2.36. The minimum absolute atomic E-state index is 0.318. The van der Waals surface area contributed by atoms with Crippen molar-refractivity contribution < 1.29 is 8.42 Å². The number of benzene rings is 1. The molecule has 0 heterocycles. The van der Waals surface area contributed by atoms with Crippen molar-refractivity contribution in [3.05, 3.63) is 24.3 Å². The number of nitrogens with one attached hydrogen (secondary N) is 2. The SMILES string of the molecule is CCNS(=O)(=O)c1ccc(NC2CCCC(C)(C)C2)cc1. The summed E-state index contributed by atoms with van der Waals surface area (Å²) in [5, 5.41) is 3.53. The fourth-order valence-electron chi connectivity index (χ4n) is 3.06. The molecule has 0 saturated heterocycles. The molecule has 4 nitrogen and oxygen atoms in total. The van der Waals surface area contributed by atoms with E-state index in [0.29, 0.717) is 22.9 Å². The van der Waals surface area contributed by atoms with Gasteiger partial charge in [0.2, 0.25) is 10.0 Å². The summed E-state index contributed by atoms with van der Waals surface area (Å²) >= 11 is 0. The molecule has 2 N–H and O–H groups in total. The topological polar surface area (TPSA) is 58.2 Å². The van der Waals surface area contributed by atoms with Gasteiger partial charge in [-0.2, -0.15) is 0 Å². The van der Waals surface area contributed by atoms with Crippen molar-refractivity contribution in [1.82, 2.24) is 4.72 Å². The summed E-state index contributed by atoms with van der Waals surface area (Å²) in [6.45, 7) is 6.80. The quantitative estimate of drug-likeness (QED) is 0.876. The van der Waals surface area contributed by atoms with Crippen LogP contribution < -0.4 is 10.0 Å². The van der Waals surface area contributed by atoms with Crippen LogP contribution in [0.3, 0.4) is 0 Å². The molecular weight excluding hydrogens is 284 g/mol. The molecular formula is C16H26N2O2S. The first-order chi connectivity index (χ1) is 9.82. The average Bonchev–Trinajstić information content (AvgIpc) is 2.38. The summed E-state index contributed by atoms with van der Waals surface area (Å²) in [5.74, 6) is 0. The van der Waals surface area contributed by atoms with Gasteiger partial charge in [-0.15, -0.1) is 0 Å². The molecule has 1 unspecified atom stereocenters. The summed E-state index contributed by atoms with van der Waals surface area (Å²) in [6, 6.07) is 7.50. The highest BCUT2D eigenvalue weighted by molar-refractivity contribution is 7.89. The molecule has 1 aromatic rings. The summed E-state index contributed by atoms with van der Waals surface area (Å²) < 4.78 is 26.3.